The summed E-state index contributed by atoms with van der Waals surface area (Å²) in [7, 11) is 0. The number of rotatable bonds is 49. The van der Waals surface area contributed by atoms with Gasteiger partial charge in [-0.05, 0) is 89.9 Å². The van der Waals surface area contributed by atoms with Crippen LogP contribution in [0.4, 0.5) is 0 Å². The minimum Gasteiger partial charge on any atom is -0.462 e. The summed E-state index contributed by atoms with van der Waals surface area (Å²) in [6.07, 6.45) is 67.9. The van der Waals surface area contributed by atoms with Gasteiger partial charge in [0, 0.05) is 19.3 Å². The van der Waals surface area contributed by atoms with E-state index in [0.717, 1.165) is 103 Å². The van der Waals surface area contributed by atoms with Gasteiger partial charge in [-0.2, -0.15) is 0 Å². The number of allylic oxidation sites excluding steroid dienone is 12. The summed E-state index contributed by atoms with van der Waals surface area (Å²) in [5.41, 5.74) is 0. The van der Waals surface area contributed by atoms with E-state index in [2.05, 4.69) is 93.7 Å². The van der Waals surface area contributed by atoms with Crippen LogP contribution < -0.4 is 0 Å². The van der Waals surface area contributed by atoms with Gasteiger partial charge in [0.2, 0.25) is 0 Å². The third kappa shape index (κ3) is 51.7. The standard InChI is InChI=1S/C59H102O6/c1-4-7-10-13-15-17-19-21-23-25-26-27-28-29-30-31-32-34-35-37-39-41-43-46-49-52-58(61)64-55-56(54-63-57(60)51-48-45-12-9-6-3)65-59(62)53-50-47-44-42-40-38-36-33-24-22-20-18-16-14-11-8-5-2/h8,11,16,18-19,21-22,24-26,28-29,56H,4-7,9-10,12-15,17,20,23,27,30-55H2,1-3H3/b11-8-,18-16-,21-19-,24-22-,26-25-,29-28-. The van der Waals surface area contributed by atoms with E-state index >= 15 is 0 Å². The van der Waals surface area contributed by atoms with Crippen LogP contribution in [0.5, 0.6) is 0 Å². The Hall–Kier alpha value is -3.15. The maximum atomic E-state index is 12.7. The van der Waals surface area contributed by atoms with Crippen LogP contribution in [0.25, 0.3) is 0 Å². The SMILES string of the molecule is CC/C=C\C/C=C\C/C=C\CCCCCCCCCC(=O)OC(COC(=O)CCCCCCC)COC(=O)CCCCCCCCCCCC/C=C\C/C=C\C/C=C\CCCCCCC. The molecule has 1 atom stereocenters. The van der Waals surface area contributed by atoms with Crippen molar-refractivity contribution in [2.24, 2.45) is 0 Å². The molecule has 0 aromatic carbocycles. The van der Waals surface area contributed by atoms with E-state index in [0.29, 0.717) is 19.3 Å². The molecule has 0 aromatic heterocycles. The average molecular weight is 907 g/mol. The summed E-state index contributed by atoms with van der Waals surface area (Å²) in [6.45, 7) is 6.43. The molecule has 0 saturated heterocycles. The maximum absolute atomic E-state index is 12.7. The second-order valence-electron chi connectivity index (χ2n) is 18.1. The van der Waals surface area contributed by atoms with Gasteiger partial charge in [0.05, 0.1) is 0 Å². The van der Waals surface area contributed by atoms with Gasteiger partial charge in [0.1, 0.15) is 13.2 Å². The quantitative estimate of drug-likeness (QED) is 0.0262. The van der Waals surface area contributed by atoms with Crippen molar-refractivity contribution in [2.75, 3.05) is 13.2 Å². The summed E-state index contributed by atoms with van der Waals surface area (Å²) in [4.78, 5) is 37.7. The zero-order chi connectivity index (χ0) is 47.2. The first-order chi connectivity index (χ1) is 32.0. The van der Waals surface area contributed by atoms with Crippen LogP contribution in [0, 0.1) is 0 Å². The lowest BCUT2D eigenvalue weighted by molar-refractivity contribution is -0.167. The molecule has 65 heavy (non-hydrogen) atoms. The van der Waals surface area contributed by atoms with Crippen LogP contribution in [-0.2, 0) is 28.6 Å². The Morgan fingerprint density at radius 2 is 0.600 bits per heavy atom. The molecule has 0 rings (SSSR count). The van der Waals surface area contributed by atoms with E-state index in [9.17, 15) is 14.4 Å². The highest BCUT2D eigenvalue weighted by Gasteiger charge is 2.19. The Labute approximate surface area is 402 Å². The molecule has 6 heteroatoms. The number of carbonyl (C=O) groups excluding carboxylic acids is 3. The molecule has 6 nitrogen and oxygen atoms in total. The van der Waals surface area contributed by atoms with E-state index in [1.165, 1.54) is 122 Å². The summed E-state index contributed by atoms with van der Waals surface area (Å²) >= 11 is 0. The number of hydrogen-bond donors (Lipinski definition) is 0. The lowest BCUT2D eigenvalue weighted by Gasteiger charge is -2.18. The molecule has 0 aliphatic rings. The van der Waals surface area contributed by atoms with E-state index < -0.39 is 6.10 Å². The van der Waals surface area contributed by atoms with Crippen LogP contribution in [0.2, 0.25) is 0 Å². The molecule has 0 radical (unpaired) electrons. The molecule has 0 aliphatic carbocycles. The van der Waals surface area contributed by atoms with Gasteiger partial charge in [-0.15, -0.1) is 0 Å². The van der Waals surface area contributed by atoms with Crippen LogP contribution in [0.15, 0.2) is 72.9 Å². The molecule has 1 unspecified atom stereocenters. The molecule has 0 amide bonds. The first kappa shape index (κ1) is 61.9. The van der Waals surface area contributed by atoms with E-state index in [4.69, 9.17) is 14.2 Å². The third-order valence-corrected chi connectivity index (χ3v) is 11.7. The number of unbranched alkanes of at least 4 members (excludes halogenated alkanes) is 26. The van der Waals surface area contributed by atoms with Gasteiger partial charge in [-0.25, -0.2) is 0 Å². The zero-order valence-corrected chi connectivity index (χ0v) is 42.7. The van der Waals surface area contributed by atoms with Crippen molar-refractivity contribution in [1.82, 2.24) is 0 Å². The fourth-order valence-electron chi connectivity index (χ4n) is 7.58. The topological polar surface area (TPSA) is 78.9 Å². The van der Waals surface area contributed by atoms with E-state index in [1.807, 2.05) is 0 Å². The molecular weight excluding hydrogens is 805 g/mol. The normalized spacial score (nSPS) is 12.6. The lowest BCUT2D eigenvalue weighted by atomic mass is 10.1. The predicted octanol–water partition coefficient (Wildman–Crippen LogP) is 18.2. The number of esters is 3. The summed E-state index contributed by atoms with van der Waals surface area (Å²) in [5.74, 6) is -0.906. The van der Waals surface area contributed by atoms with Crippen molar-refractivity contribution in [3.05, 3.63) is 72.9 Å². The molecule has 0 heterocycles. The van der Waals surface area contributed by atoms with E-state index in [1.54, 1.807) is 0 Å². The average Bonchev–Trinajstić information content (AvgIpc) is 3.30. The largest absolute Gasteiger partial charge is 0.462 e. The van der Waals surface area contributed by atoms with Crippen LogP contribution in [0.3, 0.4) is 0 Å². The van der Waals surface area contributed by atoms with Gasteiger partial charge in [-0.1, -0.05) is 229 Å². The predicted molar refractivity (Wildman–Crippen MR) is 279 cm³/mol. The molecule has 374 valence electrons. The van der Waals surface area contributed by atoms with Gasteiger partial charge in [0.25, 0.3) is 0 Å². The van der Waals surface area contributed by atoms with Crippen molar-refractivity contribution < 1.29 is 28.6 Å². The highest BCUT2D eigenvalue weighted by Crippen LogP contribution is 2.15. The second kappa shape index (κ2) is 53.5. The van der Waals surface area contributed by atoms with Gasteiger partial charge in [-0.3, -0.25) is 14.4 Å². The van der Waals surface area contributed by atoms with Gasteiger partial charge >= 0.3 is 17.9 Å². The van der Waals surface area contributed by atoms with Crippen molar-refractivity contribution in [1.29, 1.82) is 0 Å². The molecule has 0 fully saturated rings. The van der Waals surface area contributed by atoms with E-state index in [-0.39, 0.29) is 31.1 Å². The first-order valence-electron chi connectivity index (χ1n) is 27.4. The van der Waals surface area contributed by atoms with Crippen molar-refractivity contribution in [2.45, 2.75) is 271 Å². The minimum absolute atomic E-state index is 0.0813. The Kier molecular flexibility index (Phi) is 50.9. The third-order valence-electron chi connectivity index (χ3n) is 11.7. The Morgan fingerprint density at radius 3 is 0.938 bits per heavy atom. The Balaban J connectivity index is 4.11. The molecule has 0 N–H and O–H groups in total. The number of carbonyl (C=O) groups is 3. The monoisotopic (exact) mass is 907 g/mol. The van der Waals surface area contributed by atoms with Crippen molar-refractivity contribution in [3.63, 3.8) is 0 Å². The fraction of sp³-hybridized carbons (Fsp3) is 0.746. The fourth-order valence-corrected chi connectivity index (χ4v) is 7.58. The Bertz CT molecular complexity index is 1230. The van der Waals surface area contributed by atoms with Gasteiger partial charge < -0.3 is 14.2 Å². The second-order valence-corrected chi connectivity index (χ2v) is 18.1. The molecule has 0 saturated carbocycles. The molecule has 0 bridgehead atoms. The van der Waals surface area contributed by atoms with Crippen molar-refractivity contribution in [3.8, 4) is 0 Å². The smallest absolute Gasteiger partial charge is 0.306 e. The zero-order valence-electron chi connectivity index (χ0n) is 42.7. The summed E-state index contributed by atoms with van der Waals surface area (Å²) in [5, 5.41) is 0. The van der Waals surface area contributed by atoms with Crippen LogP contribution >= 0.6 is 0 Å². The minimum atomic E-state index is -0.778. The van der Waals surface area contributed by atoms with Crippen LogP contribution in [0.1, 0.15) is 265 Å². The molecule has 0 aromatic rings. The van der Waals surface area contributed by atoms with Crippen LogP contribution in [-0.4, -0.2) is 37.2 Å². The van der Waals surface area contributed by atoms with Crippen molar-refractivity contribution >= 4 is 17.9 Å². The Morgan fingerprint density at radius 1 is 0.323 bits per heavy atom. The summed E-state index contributed by atoms with van der Waals surface area (Å²) < 4.78 is 16.7. The summed E-state index contributed by atoms with van der Waals surface area (Å²) in [6, 6.07) is 0. The molecular formula is C59H102O6. The number of ether oxygens (including phenoxy) is 3. The lowest BCUT2D eigenvalue weighted by Crippen LogP contribution is -2.30. The molecule has 0 aliphatic heterocycles. The highest BCUT2D eigenvalue weighted by atomic mass is 16.6. The maximum Gasteiger partial charge on any atom is 0.306 e. The first-order valence-corrected chi connectivity index (χ1v) is 27.4. The number of hydrogen-bond acceptors (Lipinski definition) is 6. The highest BCUT2D eigenvalue weighted by molar-refractivity contribution is 5.71. The molecule has 0 spiro atoms. The van der Waals surface area contributed by atoms with Gasteiger partial charge in [0.15, 0.2) is 6.10 Å².